The SMILES string of the molecule is Cn1ncc2c(N)nc(CN3C(=O)CSC3=O)nc21. The summed E-state index contributed by atoms with van der Waals surface area (Å²) < 4.78 is 1.57. The number of rotatable bonds is 2. The van der Waals surface area contributed by atoms with Gasteiger partial charge in [0.05, 0.1) is 23.9 Å². The van der Waals surface area contributed by atoms with Gasteiger partial charge in [-0.3, -0.25) is 19.2 Å². The maximum atomic E-state index is 11.5. The molecule has 9 heteroatoms. The fourth-order valence-corrected chi connectivity index (χ4v) is 2.56. The Morgan fingerprint density at radius 1 is 1.42 bits per heavy atom. The van der Waals surface area contributed by atoms with E-state index in [4.69, 9.17) is 5.73 Å². The first-order chi connectivity index (χ1) is 9.06. The van der Waals surface area contributed by atoms with Crippen molar-refractivity contribution >= 4 is 39.8 Å². The minimum Gasteiger partial charge on any atom is -0.383 e. The van der Waals surface area contributed by atoms with Crippen molar-refractivity contribution in [2.75, 3.05) is 11.5 Å². The fraction of sp³-hybridized carbons (Fsp3) is 0.300. The number of aryl methyl sites for hydroxylation is 1. The van der Waals surface area contributed by atoms with Gasteiger partial charge < -0.3 is 5.73 Å². The Kier molecular flexibility index (Phi) is 2.63. The van der Waals surface area contributed by atoms with E-state index in [9.17, 15) is 9.59 Å². The van der Waals surface area contributed by atoms with Crippen molar-refractivity contribution in [2.45, 2.75) is 6.54 Å². The molecule has 19 heavy (non-hydrogen) atoms. The molecule has 2 aromatic heterocycles. The maximum absolute atomic E-state index is 11.5. The van der Waals surface area contributed by atoms with E-state index >= 15 is 0 Å². The highest BCUT2D eigenvalue weighted by molar-refractivity contribution is 8.14. The number of hydrogen-bond acceptors (Lipinski definition) is 7. The van der Waals surface area contributed by atoms with Crippen LogP contribution in [0.1, 0.15) is 5.82 Å². The van der Waals surface area contributed by atoms with Gasteiger partial charge >= 0.3 is 0 Å². The number of carbonyl (C=O) groups excluding carboxylic acids is 2. The second-order valence-corrected chi connectivity index (χ2v) is 4.99. The summed E-state index contributed by atoms with van der Waals surface area (Å²) >= 11 is 0.978. The van der Waals surface area contributed by atoms with Gasteiger partial charge in [-0.15, -0.1) is 0 Å². The third-order valence-electron chi connectivity index (χ3n) is 2.81. The third kappa shape index (κ3) is 1.91. The molecule has 3 rings (SSSR count). The first-order valence-corrected chi connectivity index (χ1v) is 6.46. The second-order valence-electron chi connectivity index (χ2n) is 4.06. The highest BCUT2D eigenvalue weighted by atomic mass is 32.2. The lowest BCUT2D eigenvalue weighted by atomic mass is 10.4. The zero-order valence-electron chi connectivity index (χ0n) is 10.0. The lowest BCUT2D eigenvalue weighted by molar-refractivity contribution is -0.125. The number of anilines is 1. The summed E-state index contributed by atoms with van der Waals surface area (Å²) in [5.41, 5.74) is 6.39. The standard InChI is InChI=1S/C10H10N6O2S/c1-15-9-5(2-12-15)8(11)13-6(14-9)3-16-7(17)4-19-10(16)18/h2H,3-4H2,1H3,(H2,11,13,14). The molecule has 3 heterocycles. The van der Waals surface area contributed by atoms with Gasteiger partial charge in [-0.05, 0) is 0 Å². The van der Waals surface area contributed by atoms with E-state index in [0.29, 0.717) is 22.7 Å². The Balaban J connectivity index is 1.99. The third-order valence-corrected chi connectivity index (χ3v) is 3.67. The number of aromatic nitrogens is 4. The molecule has 1 aliphatic heterocycles. The summed E-state index contributed by atoms with van der Waals surface area (Å²) in [6.45, 7) is 0.0377. The predicted molar refractivity (Wildman–Crippen MR) is 69.1 cm³/mol. The summed E-state index contributed by atoms with van der Waals surface area (Å²) in [7, 11) is 1.74. The smallest absolute Gasteiger partial charge is 0.289 e. The van der Waals surface area contributed by atoms with Crippen molar-refractivity contribution in [2.24, 2.45) is 7.05 Å². The molecule has 0 aliphatic carbocycles. The molecule has 0 radical (unpaired) electrons. The Morgan fingerprint density at radius 3 is 2.89 bits per heavy atom. The molecule has 0 bridgehead atoms. The number of imide groups is 1. The Morgan fingerprint density at radius 2 is 2.21 bits per heavy atom. The van der Waals surface area contributed by atoms with Gasteiger partial charge in [0.2, 0.25) is 5.91 Å². The van der Waals surface area contributed by atoms with Gasteiger partial charge in [-0.2, -0.15) is 5.10 Å². The molecule has 1 aliphatic rings. The van der Waals surface area contributed by atoms with Gasteiger partial charge in [0, 0.05) is 7.05 Å². The minimum atomic E-state index is -0.280. The molecule has 2 aromatic rings. The molecule has 2 amide bonds. The summed E-state index contributed by atoms with van der Waals surface area (Å²) in [5, 5.41) is 4.41. The zero-order chi connectivity index (χ0) is 13.6. The summed E-state index contributed by atoms with van der Waals surface area (Å²) in [4.78, 5) is 32.6. The van der Waals surface area contributed by atoms with E-state index in [1.165, 1.54) is 0 Å². The van der Waals surface area contributed by atoms with Crippen LogP contribution in [0.25, 0.3) is 11.0 Å². The van der Waals surface area contributed by atoms with Crippen molar-refractivity contribution in [3.63, 3.8) is 0 Å². The number of thioether (sulfide) groups is 1. The van der Waals surface area contributed by atoms with Crippen LogP contribution in [0.15, 0.2) is 6.20 Å². The number of nitrogen functional groups attached to an aromatic ring is 1. The monoisotopic (exact) mass is 278 g/mol. The summed E-state index contributed by atoms with van der Waals surface area (Å²) in [6, 6.07) is 0. The van der Waals surface area contributed by atoms with Gasteiger partial charge in [-0.25, -0.2) is 9.97 Å². The van der Waals surface area contributed by atoms with Crippen molar-refractivity contribution in [1.29, 1.82) is 0 Å². The Bertz CT molecular complexity index is 681. The molecular formula is C10H10N6O2S. The average molecular weight is 278 g/mol. The molecule has 98 valence electrons. The van der Waals surface area contributed by atoms with Crippen LogP contribution in [0.5, 0.6) is 0 Å². The number of fused-ring (bicyclic) bond motifs is 1. The molecule has 1 fully saturated rings. The molecule has 0 unspecified atom stereocenters. The van der Waals surface area contributed by atoms with Crippen LogP contribution in [0.2, 0.25) is 0 Å². The molecule has 0 spiro atoms. The first-order valence-electron chi connectivity index (χ1n) is 5.47. The molecule has 0 atom stereocenters. The largest absolute Gasteiger partial charge is 0.383 e. The Labute approximate surface area is 112 Å². The number of hydrogen-bond donors (Lipinski definition) is 1. The average Bonchev–Trinajstić information content (AvgIpc) is 2.88. The van der Waals surface area contributed by atoms with Crippen LogP contribution in [-0.2, 0) is 18.4 Å². The molecule has 1 saturated heterocycles. The van der Waals surface area contributed by atoms with Crippen LogP contribution < -0.4 is 5.73 Å². The van der Waals surface area contributed by atoms with Gasteiger partial charge in [-0.1, -0.05) is 11.8 Å². The van der Waals surface area contributed by atoms with Crippen LogP contribution >= 0.6 is 11.8 Å². The van der Waals surface area contributed by atoms with E-state index in [-0.39, 0.29) is 23.4 Å². The molecule has 0 aromatic carbocycles. The first kappa shape index (κ1) is 11.9. The van der Waals surface area contributed by atoms with Crippen LogP contribution in [0.4, 0.5) is 10.6 Å². The number of nitrogens with zero attached hydrogens (tertiary/aromatic N) is 5. The van der Waals surface area contributed by atoms with Crippen molar-refractivity contribution < 1.29 is 9.59 Å². The van der Waals surface area contributed by atoms with Crippen LogP contribution in [0.3, 0.4) is 0 Å². The number of carbonyl (C=O) groups is 2. The quantitative estimate of drug-likeness (QED) is 0.832. The normalized spacial score (nSPS) is 15.7. The van der Waals surface area contributed by atoms with Crippen LogP contribution in [0, 0.1) is 0 Å². The predicted octanol–water partition coefficient (Wildman–Crippen LogP) is 0.141. The second kappa shape index (κ2) is 4.19. The lowest BCUT2D eigenvalue weighted by Crippen LogP contribution is -2.29. The van der Waals surface area contributed by atoms with E-state index in [1.807, 2.05) is 0 Å². The van der Waals surface area contributed by atoms with Crippen molar-refractivity contribution in [3.05, 3.63) is 12.0 Å². The van der Waals surface area contributed by atoms with Crippen LogP contribution in [-0.4, -0.2) is 41.5 Å². The molecule has 0 saturated carbocycles. The summed E-state index contributed by atoms with van der Waals surface area (Å²) in [5.74, 6) is 0.558. The highest BCUT2D eigenvalue weighted by Gasteiger charge is 2.30. The van der Waals surface area contributed by atoms with E-state index in [1.54, 1.807) is 17.9 Å². The number of amides is 2. The van der Waals surface area contributed by atoms with Gasteiger partial charge in [0.15, 0.2) is 11.5 Å². The van der Waals surface area contributed by atoms with E-state index in [0.717, 1.165) is 16.7 Å². The zero-order valence-corrected chi connectivity index (χ0v) is 10.8. The molecule has 2 N–H and O–H groups in total. The summed E-state index contributed by atoms with van der Waals surface area (Å²) in [6.07, 6.45) is 1.58. The topological polar surface area (TPSA) is 107 Å². The van der Waals surface area contributed by atoms with E-state index < -0.39 is 0 Å². The Hall–Kier alpha value is -2.16. The lowest BCUT2D eigenvalue weighted by Gasteiger charge is -2.11. The van der Waals surface area contributed by atoms with E-state index in [2.05, 4.69) is 15.1 Å². The fourth-order valence-electron chi connectivity index (χ4n) is 1.84. The molecular weight excluding hydrogens is 268 g/mol. The van der Waals surface area contributed by atoms with Crippen molar-refractivity contribution in [1.82, 2.24) is 24.6 Å². The maximum Gasteiger partial charge on any atom is 0.289 e. The molecule has 8 nitrogen and oxygen atoms in total. The highest BCUT2D eigenvalue weighted by Crippen LogP contribution is 2.22. The number of nitrogens with two attached hydrogens (primary N) is 1. The van der Waals surface area contributed by atoms with Gasteiger partial charge in [0.1, 0.15) is 5.82 Å². The van der Waals surface area contributed by atoms with Crippen molar-refractivity contribution in [3.8, 4) is 0 Å². The minimum absolute atomic E-state index is 0.0377. The van der Waals surface area contributed by atoms with Gasteiger partial charge in [0.25, 0.3) is 5.24 Å².